The van der Waals surface area contributed by atoms with Gasteiger partial charge in [0.2, 0.25) is 29.5 Å². The number of aliphatic carboxylic acids is 1. The number of amides is 5. The molecule has 6 N–H and O–H groups in total. The van der Waals surface area contributed by atoms with Crippen molar-refractivity contribution >= 4 is 41.2 Å². The molecule has 0 saturated carbocycles. The maximum atomic E-state index is 14.2. The Hall–Kier alpha value is -6.51. The molecule has 298 valence electrons. The van der Waals surface area contributed by atoms with Crippen LogP contribution in [0.25, 0.3) is 0 Å². The summed E-state index contributed by atoms with van der Waals surface area (Å²) in [7, 11) is 0. The Morgan fingerprint density at radius 1 is 0.596 bits per heavy atom. The molecule has 12 nitrogen and oxygen atoms in total. The molecule has 2 heterocycles. The second-order valence-corrected chi connectivity index (χ2v) is 13.7. The molecule has 2 aliphatic rings. The van der Waals surface area contributed by atoms with Gasteiger partial charge in [-0.2, -0.15) is 13.2 Å². The van der Waals surface area contributed by atoms with Crippen molar-refractivity contribution in [2.75, 3.05) is 5.32 Å². The minimum Gasteiger partial charge on any atom is -0.480 e. The van der Waals surface area contributed by atoms with E-state index in [1.54, 1.807) is 66.7 Å². The summed E-state index contributed by atoms with van der Waals surface area (Å²) in [6.45, 7) is 0. The van der Waals surface area contributed by atoms with Gasteiger partial charge in [0.15, 0.2) is 0 Å². The largest absolute Gasteiger partial charge is 0.480 e. The van der Waals surface area contributed by atoms with E-state index < -0.39 is 71.4 Å². The van der Waals surface area contributed by atoms with E-state index in [9.17, 15) is 47.0 Å². The van der Waals surface area contributed by atoms with Crippen LogP contribution < -0.4 is 26.6 Å². The number of hydrogen-bond acceptors (Lipinski definition) is 6. The van der Waals surface area contributed by atoms with Crippen molar-refractivity contribution in [1.82, 2.24) is 21.3 Å². The molecule has 57 heavy (non-hydrogen) atoms. The van der Waals surface area contributed by atoms with Crippen LogP contribution in [0.1, 0.15) is 47.1 Å². The number of fused-ring (bicyclic) bond motifs is 18. The Bertz CT molecular complexity index is 2030. The summed E-state index contributed by atoms with van der Waals surface area (Å²) in [5.74, 6) is -5.00. The highest BCUT2D eigenvalue weighted by atomic mass is 19.4. The number of carboxylic acid groups (broad SMARTS) is 1. The molecule has 0 aliphatic carbocycles. The maximum absolute atomic E-state index is 14.2. The summed E-state index contributed by atoms with van der Waals surface area (Å²) < 4.78 is 40.1. The van der Waals surface area contributed by atoms with Crippen LogP contribution in [0.5, 0.6) is 0 Å². The summed E-state index contributed by atoms with van der Waals surface area (Å²) in [6.07, 6.45) is -5.31. The Kier molecular flexibility index (Phi) is 14.2. The van der Waals surface area contributed by atoms with Crippen molar-refractivity contribution in [3.05, 3.63) is 137 Å². The lowest BCUT2D eigenvalue weighted by Crippen LogP contribution is -2.59. The van der Waals surface area contributed by atoms with Gasteiger partial charge < -0.3 is 31.7 Å². The van der Waals surface area contributed by atoms with Crippen molar-refractivity contribution in [3.8, 4) is 0 Å². The van der Waals surface area contributed by atoms with Gasteiger partial charge in [-0.05, 0) is 59.4 Å². The van der Waals surface area contributed by atoms with Gasteiger partial charge in [-0.1, -0.05) is 84.9 Å². The minimum absolute atomic E-state index is 0.0738. The molecule has 4 unspecified atom stereocenters. The lowest BCUT2D eigenvalue weighted by molar-refractivity contribution is -0.142. The zero-order valence-electron chi connectivity index (χ0n) is 30.7. The van der Waals surface area contributed by atoms with E-state index in [1.165, 1.54) is 12.1 Å². The average molecular weight is 786 g/mol. The standard InChI is InChI=1S/C42H42F3N5O7/c43-42(44,45)30-16-11-28(12-17-30)24-34-39(54)49-33(23-27-9-5-2-6-10-27)40(55)50-35(41(56)57)25-29-13-18-31(19-14-29)46-36(51)21-22-37(52)47-32(38(53)48-34)20-15-26-7-3-1-4-8-26/h1-14,16-19,32-35H,15,20-25H2,(H,46,51)(H,47,52)(H,48,53)(H,49,54)(H,50,55)(H,56,57). The first-order valence-corrected chi connectivity index (χ1v) is 18.3. The molecule has 0 aromatic heterocycles. The number of carbonyl (C=O) groups is 6. The predicted molar refractivity (Wildman–Crippen MR) is 203 cm³/mol. The first-order valence-electron chi connectivity index (χ1n) is 18.3. The normalized spacial score (nSPS) is 20.2. The zero-order valence-corrected chi connectivity index (χ0v) is 30.7. The molecule has 6 rings (SSSR count). The van der Waals surface area contributed by atoms with Crippen LogP contribution in [0.2, 0.25) is 0 Å². The number of carboxylic acids is 1. The van der Waals surface area contributed by atoms with Gasteiger partial charge >= 0.3 is 12.1 Å². The Labute approximate surface area is 326 Å². The van der Waals surface area contributed by atoms with Crippen LogP contribution in [0.15, 0.2) is 109 Å². The maximum Gasteiger partial charge on any atom is 0.416 e. The van der Waals surface area contributed by atoms with Crippen LogP contribution in [-0.4, -0.2) is 64.8 Å². The van der Waals surface area contributed by atoms with Gasteiger partial charge in [0.1, 0.15) is 24.2 Å². The number of benzene rings is 4. The molecule has 2 bridgehead atoms. The fourth-order valence-corrected chi connectivity index (χ4v) is 6.25. The highest BCUT2D eigenvalue weighted by Crippen LogP contribution is 2.29. The molecule has 4 aromatic rings. The predicted octanol–water partition coefficient (Wildman–Crippen LogP) is 4.12. The smallest absolute Gasteiger partial charge is 0.416 e. The van der Waals surface area contributed by atoms with Gasteiger partial charge in [-0.15, -0.1) is 0 Å². The average Bonchev–Trinajstić information content (AvgIpc) is 3.18. The molecule has 4 atom stereocenters. The van der Waals surface area contributed by atoms with E-state index in [4.69, 9.17) is 0 Å². The second kappa shape index (κ2) is 19.4. The van der Waals surface area contributed by atoms with Crippen LogP contribution in [0.3, 0.4) is 0 Å². The van der Waals surface area contributed by atoms with E-state index in [-0.39, 0.29) is 44.1 Å². The van der Waals surface area contributed by atoms with Crippen molar-refractivity contribution in [2.45, 2.75) is 75.3 Å². The quantitative estimate of drug-likeness (QED) is 0.145. The third-order valence-electron chi connectivity index (χ3n) is 9.36. The van der Waals surface area contributed by atoms with Gasteiger partial charge in [-0.25, -0.2) is 4.79 Å². The molecule has 4 aromatic carbocycles. The summed E-state index contributed by atoms with van der Waals surface area (Å²) in [4.78, 5) is 80.4. The molecular formula is C42H42F3N5O7. The van der Waals surface area contributed by atoms with Crippen molar-refractivity contribution in [3.63, 3.8) is 0 Å². The molecule has 0 spiro atoms. The summed E-state index contributed by atoms with van der Waals surface area (Å²) in [5, 5.41) is 23.2. The molecule has 0 fully saturated rings. The lowest BCUT2D eigenvalue weighted by Gasteiger charge is -2.26. The van der Waals surface area contributed by atoms with Crippen molar-refractivity contribution in [1.29, 1.82) is 0 Å². The van der Waals surface area contributed by atoms with E-state index >= 15 is 0 Å². The first-order chi connectivity index (χ1) is 27.2. The van der Waals surface area contributed by atoms with Crippen molar-refractivity contribution < 1.29 is 47.0 Å². The lowest BCUT2D eigenvalue weighted by atomic mass is 9.99. The number of halogens is 3. The summed E-state index contributed by atoms with van der Waals surface area (Å²) in [5.41, 5.74) is 1.67. The molecule has 0 saturated heterocycles. The van der Waals surface area contributed by atoms with Crippen LogP contribution >= 0.6 is 0 Å². The van der Waals surface area contributed by atoms with E-state index in [2.05, 4.69) is 26.6 Å². The number of rotatable bonds is 8. The van der Waals surface area contributed by atoms with E-state index in [1.807, 2.05) is 18.2 Å². The van der Waals surface area contributed by atoms with Gasteiger partial charge in [0, 0.05) is 37.8 Å². The van der Waals surface area contributed by atoms with Crippen LogP contribution in [0.4, 0.5) is 18.9 Å². The number of nitrogens with one attached hydrogen (secondary N) is 5. The summed E-state index contributed by atoms with van der Waals surface area (Å²) >= 11 is 0. The topological polar surface area (TPSA) is 183 Å². The fraction of sp³-hybridized carbons (Fsp3) is 0.286. The van der Waals surface area contributed by atoms with E-state index in [0.29, 0.717) is 23.2 Å². The van der Waals surface area contributed by atoms with Gasteiger partial charge in [0.05, 0.1) is 5.56 Å². The molecule has 5 amide bonds. The third kappa shape index (κ3) is 12.8. The molecule has 2 aliphatic heterocycles. The van der Waals surface area contributed by atoms with Gasteiger partial charge in [0.25, 0.3) is 0 Å². The molecular weight excluding hydrogens is 743 g/mol. The zero-order chi connectivity index (χ0) is 41.0. The Morgan fingerprint density at radius 3 is 1.67 bits per heavy atom. The number of anilines is 1. The molecule has 15 heteroatoms. The highest BCUT2D eigenvalue weighted by Gasteiger charge is 2.33. The minimum atomic E-state index is -4.62. The second-order valence-electron chi connectivity index (χ2n) is 13.7. The van der Waals surface area contributed by atoms with Crippen LogP contribution in [-0.2, 0) is 60.6 Å². The molecule has 0 radical (unpaired) electrons. The number of hydrogen-bond donors (Lipinski definition) is 6. The monoisotopic (exact) mass is 785 g/mol. The van der Waals surface area contributed by atoms with Crippen molar-refractivity contribution in [2.24, 2.45) is 0 Å². The number of alkyl halides is 3. The highest BCUT2D eigenvalue weighted by molar-refractivity contribution is 5.96. The third-order valence-corrected chi connectivity index (χ3v) is 9.36. The fourth-order valence-electron chi connectivity index (χ4n) is 6.25. The van der Waals surface area contributed by atoms with E-state index in [0.717, 1.165) is 17.7 Å². The SMILES string of the molecule is O=C1CCC(=O)NC(CCc2ccccc2)C(=O)NC(Cc2ccc(C(F)(F)F)cc2)C(=O)NC(Cc2ccccc2)C(=O)NC(C(=O)O)Cc2ccc(cc2)N1. The number of aryl methyl sites for hydroxylation is 1. The Balaban J connectivity index is 1.50. The Morgan fingerprint density at radius 2 is 1.11 bits per heavy atom. The number of carbonyl (C=O) groups excluding carboxylic acids is 5. The van der Waals surface area contributed by atoms with Gasteiger partial charge in [-0.3, -0.25) is 24.0 Å². The van der Waals surface area contributed by atoms with Crippen LogP contribution in [0, 0.1) is 0 Å². The summed E-state index contributed by atoms with van der Waals surface area (Å²) in [6, 6.07) is 22.5. The first kappa shape index (κ1) is 41.6.